The Bertz CT molecular complexity index is 397. The number of anilines is 1. The van der Waals surface area contributed by atoms with Crippen molar-refractivity contribution in [2.45, 2.75) is 39.7 Å². The predicted molar refractivity (Wildman–Crippen MR) is 84.3 cm³/mol. The van der Waals surface area contributed by atoms with Crippen molar-refractivity contribution in [3.05, 3.63) is 28.8 Å². The summed E-state index contributed by atoms with van der Waals surface area (Å²) in [6.45, 7) is 9.98. The van der Waals surface area contributed by atoms with Gasteiger partial charge in [-0.1, -0.05) is 37.6 Å². The Morgan fingerprint density at radius 2 is 2.21 bits per heavy atom. The Balaban J connectivity index is 2.18. The van der Waals surface area contributed by atoms with Crippen LogP contribution in [-0.4, -0.2) is 25.7 Å². The fraction of sp³-hybridized carbons (Fsp3) is 0.625. The van der Waals surface area contributed by atoms with Crippen molar-refractivity contribution in [2.24, 2.45) is 5.92 Å². The van der Waals surface area contributed by atoms with E-state index in [1.54, 1.807) is 0 Å². The first-order valence-electron chi connectivity index (χ1n) is 7.31. The summed E-state index contributed by atoms with van der Waals surface area (Å²) in [4.78, 5) is 2.46. The first-order chi connectivity index (χ1) is 9.08. The van der Waals surface area contributed by atoms with E-state index in [2.05, 4.69) is 37.1 Å². The van der Waals surface area contributed by atoms with Crippen LogP contribution in [0.2, 0.25) is 5.02 Å². The minimum Gasteiger partial charge on any atom is -0.369 e. The Hall–Kier alpha value is -0.730. The van der Waals surface area contributed by atoms with E-state index in [-0.39, 0.29) is 0 Å². The molecule has 0 amide bonds. The fourth-order valence-corrected chi connectivity index (χ4v) is 3.29. The van der Waals surface area contributed by atoms with Crippen LogP contribution in [0.5, 0.6) is 0 Å². The third-order valence-corrected chi connectivity index (χ3v) is 4.04. The number of nitrogens with one attached hydrogen (secondary N) is 1. The molecule has 19 heavy (non-hydrogen) atoms. The Morgan fingerprint density at radius 3 is 2.89 bits per heavy atom. The van der Waals surface area contributed by atoms with Gasteiger partial charge in [-0.15, -0.1) is 0 Å². The average Bonchev–Trinajstić information content (AvgIpc) is 2.54. The minimum absolute atomic E-state index is 0.568. The van der Waals surface area contributed by atoms with E-state index in [0.29, 0.717) is 6.04 Å². The maximum absolute atomic E-state index is 6.41. The van der Waals surface area contributed by atoms with Crippen molar-refractivity contribution in [1.29, 1.82) is 0 Å². The number of halogens is 1. The lowest BCUT2D eigenvalue weighted by atomic mass is 10.0. The molecule has 0 saturated carbocycles. The summed E-state index contributed by atoms with van der Waals surface area (Å²) in [7, 11) is 0. The van der Waals surface area contributed by atoms with E-state index in [0.717, 1.165) is 30.6 Å². The number of nitrogens with zero attached hydrogens (tertiary/aromatic N) is 1. The molecule has 0 aliphatic carbocycles. The van der Waals surface area contributed by atoms with Gasteiger partial charge in [-0.25, -0.2) is 0 Å². The van der Waals surface area contributed by atoms with Crippen LogP contribution in [0.1, 0.15) is 32.3 Å². The number of hydrogen-bond donors (Lipinski definition) is 1. The van der Waals surface area contributed by atoms with E-state index >= 15 is 0 Å². The first-order valence-corrected chi connectivity index (χ1v) is 7.69. The molecule has 106 valence electrons. The second-order valence-corrected chi connectivity index (χ2v) is 6.39. The Kier molecular flexibility index (Phi) is 5.12. The topological polar surface area (TPSA) is 15.3 Å². The summed E-state index contributed by atoms with van der Waals surface area (Å²) in [6.07, 6.45) is 2.40. The molecule has 1 aromatic carbocycles. The molecule has 1 heterocycles. The van der Waals surface area contributed by atoms with Gasteiger partial charge in [0.2, 0.25) is 0 Å². The van der Waals surface area contributed by atoms with Crippen LogP contribution in [0, 0.1) is 12.8 Å². The highest BCUT2D eigenvalue weighted by Crippen LogP contribution is 2.30. The molecule has 0 aromatic heterocycles. The maximum Gasteiger partial charge on any atom is 0.0642 e. The van der Waals surface area contributed by atoms with Gasteiger partial charge < -0.3 is 10.2 Å². The second kappa shape index (κ2) is 6.62. The van der Waals surface area contributed by atoms with Crippen molar-refractivity contribution < 1.29 is 0 Å². The SMILES string of the molecule is Cc1cccc(Cl)c1N1CCCNC(CC(C)C)C1. The maximum atomic E-state index is 6.41. The van der Waals surface area contributed by atoms with Crippen molar-refractivity contribution in [2.75, 3.05) is 24.5 Å². The van der Waals surface area contributed by atoms with Crippen LogP contribution in [0.15, 0.2) is 18.2 Å². The van der Waals surface area contributed by atoms with Gasteiger partial charge in [0.1, 0.15) is 0 Å². The van der Waals surface area contributed by atoms with E-state index in [9.17, 15) is 0 Å². The molecule has 1 unspecified atom stereocenters. The molecule has 1 fully saturated rings. The summed E-state index contributed by atoms with van der Waals surface area (Å²) in [5.41, 5.74) is 2.50. The van der Waals surface area contributed by atoms with Crippen LogP contribution in [-0.2, 0) is 0 Å². The first kappa shape index (κ1) is 14.7. The van der Waals surface area contributed by atoms with Crippen molar-refractivity contribution in [3.8, 4) is 0 Å². The van der Waals surface area contributed by atoms with Gasteiger partial charge in [0, 0.05) is 19.1 Å². The minimum atomic E-state index is 0.568. The molecule has 1 atom stereocenters. The molecule has 1 saturated heterocycles. The van der Waals surface area contributed by atoms with Gasteiger partial charge in [0.05, 0.1) is 10.7 Å². The molecule has 0 spiro atoms. The zero-order valence-electron chi connectivity index (χ0n) is 12.2. The van der Waals surface area contributed by atoms with Crippen molar-refractivity contribution in [1.82, 2.24) is 5.32 Å². The lowest BCUT2D eigenvalue weighted by Crippen LogP contribution is -2.39. The molecular formula is C16H25ClN2. The van der Waals surface area contributed by atoms with E-state index in [1.165, 1.54) is 24.1 Å². The van der Waals surface area contributed by atoms with Crippen LogP contribution in [0.3, 0.4) is 0 Å². The standard InChI is InChI=1S/C16H25ClN2/c1-12(2)10-14-11-19(9-5-8-18-14)16-13(3)6-4-7-15(16)17/h4,6-7,12,14,18H,5,8-11H2,1-3H3. The van der Waals surface area contributed by atoms with Crippen LogP contribution >= 0.6 is 11.6 Å². The smallest absolute Gasteiger partial charge is 0.0642 e. The lowest BCUT2D eigenvalue weighted by Gasteiger charge is -2.29. The highest BCUT2D eigenvalue weighted by atomic mass is 35.5. The quantitative estimate of drug-likeness (QED) is 0.904. The lowest BCUT2D eigenvalue weighted by molar-refractivity contribution is 0.436. The highest BCUT2D eigenvalue weighted by Gasteiger charge is 2.21. The van der Waals surface area contributed by atoms with Gasteiger partial charge >= 0.3 is 0 Å². The number of para-hydroxylation sites is 1. The summed E-state index contributed by atoms with van der Waals surface area (Å²) in [6, 6.07) is 6.75. The van der Waals surface area contributed by atoms with Gasteiger partial charge in [0.25, 0.3) is 0 Å². The number of aryl methyl sites for hydroxylation is 1. The molecular weight excluding hydrogens is 256 g/mol. The third kappa shape index (κ3) is 3.87. The monoisotopic (exact) mass is 280 g/mol. The molecule has 2 rings (SSSR count). The summed E-state index contributed by atoms with van der Waals surface area (Å²) < 4.78 is 0. The van der Waals surface area contributed by atoms with E-state index in [4.69, 9.17) is 11.6 Å². The number of hydrogen-bond acceptors (Lipinski definition) is 2. The number of rotatable bonds is 3. The van der Waals surface area contributed by atoms with Crippen molar-refractivity contribution >= 4 is 17.3 Å². The zero-order valence-corrected chi connectivity index (χ0v) is 13.0. The third-order valence-electron chi connectivity index (χ3n) is 3.74. The normalized spacial score (nSPS) is 20.7. The Labute approximate surface area is 122 Å². The van der Waals surface area contributed by atoms with Crippen molar-refractivity contribution in [3.63, 3.8) is 0 Å². The van der Waals surface area contributed by atoms with Gasteiger partial charge in [-0.2, -0.15) is 0 Å². The van der Waals surface area contributed by atoms with Crippen LogP contribution in [0.25, 0.3) is 0 Å². The summed E-state index contributed by atoms with van der Waals surface area (Å²) >= 11 is 6.41. The Morgan fingerprint density at radius 1 is 1.42 bits per heavy atom. The largest absolute Gasteiger partial charge is 0.369 e. The zero-order chi connectivity index (χ0) is 13.8. The molecule has 1 aliphatic heterocycles. The highest BCUT2D eigenvalue weighted by molar-refractivity contribution is 6.33. The molecule has 2 nitrogen and oxygen atoms in total. The van der Waals surface area contributed by atoms with E-state index < -0.39 is 0 Å². The molecule has 1 N–H and O–H groups in total. The molecule has 1 aliphatic rings. The second-order valence-electron chi connectivity index (χ2n) is 5.99. The summed E-state index contributed by atoms with van der Waals surface area (Å²) in [5, 5.41) is 4.55. The molecule has 0 bridgehead atoms. The predicted octanol–water partition coefficient (Wildman–Crippen LogP) is 3.86. The molecule has 3 heteroatoms. The van der Waals surface area contributed by atoms with Crippen LogP contribution < -0.4 is 10.2 Å². The molecule has 1 aromatic rings. The number of benzene rings is 1. The van der Waals surface area contributed by atoms with E-state index in [1.807, 2.05) is 12.1 Å². The van der Waals surface area contributed by atoms with Gasteiger partial charge in [0.15, 0.2) is 0 Å². The van der Waals surface area contributed by atoms with Gasteiger partial charge in [-0.05, 0) is 43.9 Å². The summed E-state index contributed by atoms with van der Waals surface area (Å²) in [5.74, 6) is 0.727. The van der Waals surface area contributed by atoms with Gasteiger partial charge in [-0.3, -0.25) is 0 Å². The fourth-order valence-electron chi connectivity index (χ4n) is 2.95. The molecule has 0 radical (unpaired) electrons. The average molecular weight is 281 g/mol. The van der Waals surface area contributed by atoms with Crippen LogP contribution in [0.4, 0.5) is 5.69 Å².